The molecule has 26 bridgehead atoms. The molecule has 0 heteroatoms. The normalized spacial score (nSPS) is 42.7. The molecule has 676 valence electrons. The van der Waals surface area contributed by atoms with E-state index in [0.29, 0.717) is 0 Å². The van der Waals surface area contributed by atoms with Gasteiger partial charge in [0.05, 0.1) is 0 Å². The first-order valence-corrected chi connectivity index (χ1v) is 57.8. The summed E-state index contributed by atoms with van der Waals surface area (Å²) in [6.07, 6.45) is 141. The van der Waals surface area contributed by atoms with E-state index in [0.717, 1.165) is 118 Å². The van der Waals surface area contributed by atoms with E-state index < -0.39 is 0 Å². The summed E-state index contributed by atoms with van der Waals surface area (Å²) < 4.78 is 0. The molecule has 32 aliphatic rings. The molecule has 0 N–H and O–H groups in total. The fourth-order valence-electron chi connectivity index (χ4n) is 32.9. The van der Waals surface area contributed by atoms with Crippen LogP contribution in [0.5, 0.6) is 0 Å². The Labute approximate surface area is 733 Å². The highest BCUT2D eigenvalue weighted by Crippen LogP contribution is 2.51. The summed E-state index contributed by atoms with van der Waals surface area (Å²) >= 11 is 0. The predicted molar refractivity (Wildman–Crippen MR) is 511 cm³/mol. The van der Waals surface area contributed by atoms with Crippen molar-refractivity contribution in [3.63, 3.8) is 0 Å². The lowest BCUT2D eigenvalue weighted by atomic mass is 9.65. The van der Waals surface area contributed by atoms with Crippen molar-refractivity contribution in [2.45, 2.75) is 584 Å². The number of rotatable bonds is 0. The molecular formula is C117H208. The van der Waals surface area contributed by atoms with Crippen LogP contribution in [-0.2, 0) is 0 Å². The Morgan fingerprint density at radius 1 is 0.0513 bits per heavy atom. The molecule has 0 saturated heterocycles. The smallest absolute Gasteiger partial charge is 0.0409 e. The van der Waals surface area contributed by atoms with Crippen LogP contribution in [-0.4, -0.2) is 0 Å². The van der Waals surface area contributed by atoms with Gasteiger partial charge in [0.2, 0.25) is 0 Å². The molecule has 0 heterocycles. The number of hydrogen-bond acceptors (Lipinski definition) is 0. The molecule has 117 heavy (non-hydrogen) atoms. The van der Waals surface area contributed by atoms with Crippen LogP contribution in [0.25, 0.3) is 0 Å². The van der Waals surface area contributed by atoms with E-state index in [1.54, 1.807) is 443 Å². The highest BCUT2D eigenvalue weighted by atomic mass is 14.4. The minimum Gasteiger partial charge on any atom is -0.0530 e. The summed E-state index contributed by atoms with van der Waals surface area (Å²) in [5.74, 6) is 29.9. The zero-order valence-electron chi connectivity index (χ0n) is 79.4. The van der Waals surface area contributed by atoms with Crippen molar-refractivity contribution >= 4 is 0 Å². The maximum atomic E-state index is 1.58. The molecule has 0 spiro atoms. The molecule has 0 nitrogen and oxygen atoms in total. The van der Waals surface area contributed by atoms with Gasteiger partial charge in [-0.15, -0.1) is 0 Å². The first-order valence-electron chi connectivity index (χ1n) is 57.8. The van der Waals surface area contributed by atoms with Gasteiger partial charge in [-0.05, 0) is 212 Å². The number of fused-ring (bicyclic) bond motifs is 39. The van der Waals surface area contributed by atoms with Crippen LogP contribution >= 0.6 is 0 Å². The first-order chi connectivity index (χ1) is 57.8. The average molecular weight is 1610 g/mol. The van der Waals surface area contributed by atoms with Crippen molar-refractivity contribution in [2.75, 3.05) is 0 Å². The second-order valence-electron chi connectivity index (χ2n) is 49.7. The molecular weight excluding hydrogens is 1410 g/mol. The van der Waals surface area contributed by atoms with Gasteiger partial charge in [-0.1, -0.05) is 527 Å². The Hall–Kier alpha value is 0. The topological polar surface area (TPSA) is 0 Å². The molecule has 0 amide bonds. The van der Waals surface area contributed by atoms with Crippen LogP contribution in [0.4, 0.5) is 0 Å². The molecule has 0 aliphatic heterocycles. The molecule has 0 aromatic rings. The summed E-state index contributed by atoms with van der Waals surface area (Å²) in [6.45, 7) is 0. The van der Waals surface area contributed by atoms with Crippen LogP contribution in [0, 0.1) is 154 Å². The number of hydrogen-bond donors (Lipinski definition) is 0. The summed E-state index contributed by atoms with van der Waals surface area (Å²) in [6, 6.07) is 0. The molecule has 32 saturated carbocycles. The van der Waals surface area contributed by atoms with Gasteiger partial charge >= 0.3 is 0 Å². The molecule has 0 aromatic heterocycles. The van der Waals surface area contributed by atoms with Crippen molar-refractivity contribution in [3.05, 3.63) is 0 Å². The molecule has 8 atom stereocenters. The van der Waals surface area contributed by atoms with E-state index in [4.69, 9.17) is 0 Å². The van der Waals surface area contributed by atoms with Gasteiger partial charge in [0, 0.05) is 0 Å². The zero-order valence-corrected chi connectivity index (χ0v) is 79.4. The van der Waals surface area contributed by atoms with Gasteiger partial charge < -0.3 is 0 Å². The van der Waals surface area contributed by atoms with Gasteiger partial charge in [0.1, 0.15) is 0 Å². The van der Waals surface area contributed by atoms with Crippen LogP contribution in [0.1, 0.15) is 584 Å². The van der Waals surface area contributed by atoms with E-state index in [1.807, 2.05) is 0 Å². The van der Waals surface area contributed by atoms with Crippen LogP contribution in [0.2, 0.25) is 0 Å². The standard InChI is InChI=1S/3C11H20.3C10H18.2C9H16.2C8H14.2C7H12.C6H10/c2*1-4-10-6-2-7-11(5-1)9-3-8-10;1-2-5-11-7-3-6-10(4-1)8-9-11;1-3-9-5-2-6-10(4-1)8-7-9;1-2-5-10-7-3-6-9(4-1)8-10;1-2-4-10-7-5-9(3-1)6-8-10;1-3-8-5-2-6-9(4-1)7-8;1-2-4-9-6-5-8(3-1)7-9;1-2-8-5-3-7(1)4-6-8;1-2-7-4-5-8(3-1)6-7;1-2-7-4-3-6(1)5-7;1-2-6-4-7(3-1)5-6;1-2-6-3-5(1)4-6/h3*10-11H,1-9H2;3*9-10H,1-8H2;2*8-9H,1-7H2;2*7-8H,1-6H2;2*6-7H,1-5H2;5-6H,1-4H2. The van der Waals surface area contributed by atoms with Crippen LogP contribution in [0.15, 0.2) is 0 Å². The van der Waals surface area contributed by atoms with Crippen LogP contribution < -0.4 is 0 Å². The van der Waals surface area contributed by atoms with E-state index >= 15 is 0 Å². The molecule has 0 aromatic carbocycles. The Bertz CT molecular complexity index is 2140. The summed E-state index contributed by atoms with van der Waals surface area (Å²) in [5.41, 5.74) is 0. The maximum absolute atomic E-state index is 1.58. The van der Waals surface area contributed by atoms with Crippen molar-refractivity contribution < 1.29 is 0 Å². The van der Waals surface area contributed by atoms with E-state index in [9.17, 15) is 0 Å². The zero-order chi connectivity index (χ0) is 79.4. The average Bonchev–Trinajstić information content (AvgIpc) is 1.56. The van der Waals surface area contributed by atoms with Gasteiger partial charge in [0.25, 0.3) is 0 Å². The van der Waals surface area contributed by atoms with Crippen LogP contribution in [0.3, 0.4) is 0 Å². The van der Waals surface area contributed by atoms with Crippen molar-refractivity contribution in [3.8, 4) is 0 Å². The monoisotopic (exact) mass is 1610 g/mol. The van der Waals surface area contributed by atoms with E-state index in [1.165, 1.54) is 177 Å². The molecule has 32 rings (SSSR count). The third-order valence-electron chi connectivity index (χ3n) is 40.8. The SMILES string of the molecule is C1CC2CC(C1)C2.C1CC2CC1C2.C1CC2CCC(C1)C2.C1CC2CCC1C2.C1CC2CCC1CC2.C1CC2CCCC(C1)C2.C1CC2CCCC(C1)CC2.C1CC2CCCC(C1)CCC2.C1CC2CCCC(C1)CCC2.C1CCC2CCC(C1)C2.C1CCC2CCC(C1)CC2.C1CCC2CCCC(C1)C2.C1CCC2CCCC(C1)CC2. The Kier molecular flexibility index (Phi) is 42.8. The molecule has 0 radical (unpaired) electrons. The lowest BCUT2D eigenvalue weighted by molar-refractivity contribution is 0.116. The second-order valence-corrected chi connectivity index (χ2v) is 49.7. The predicted octanol–water partition coefficient (Wildman–Crippen LogP) is 38.7. The summed E-state index contributed by atoms with van der Waals surface area (Å²) in [5, 5.41) is 0. The minimum atomic E-state index is 1.12. The van der Waals surface area contributed by atoms with Crippen molar-refractivity contribution in [1.82, 2.24) is 0 Å². The fraction of sp³-hybridized carbons (Fsp3) is 1.00. The van der Waals surface area contributed by atoms with E-state index in [-0.39, 0.29) is 0 Å². The maximum Gasteiger partial charge on any atom is -0.0409 e. The minimum absolute atomic E-state index is 1.12. The van der Waals surface area contributed by atoms with E-state index in [2.05, 4.69) is 0 Å². The fourth-order valence-corrected chi connectivity index (χ4v) is 32.9. The van der Waals surface area contributed by atoms with Gasteiger partial charge in [0.15, 0.2) is 0 Å². The second kappa shape index (κ2) is 53.7. The lowest BCUT2D eigenvalue weighted by Crippen LogP contribution is -2.28. The highest BCUT2D eigenvalue weighted by molar-refractivity contribution is 4.90. The third kappa shape index (κ3) is 34.8. The lowest BCUT2D eigenvalue weighted by Gasteiger charge is -2.40. The Balaban J connectivity index is 0.000000105. The van der Waals surface area contributed by atoms with Gasteiger partial charge in [-0.2, -0.15) is 0 Å². The van der Waals surface area contributed by atoms with Gasteiger partial charge in [-0.25, -0.2) is 0 Å². The summed E-state index contributed by atoms with van der Waals surface area (Å²) in [7, 11) is 0. The van der Waals surface area contributed by atoms with Crippen molar-refractivity contribution in [1.29, 1.82) is 0 Å². The highest BCUT2D eigenvalue weighted by Gasteiger charge is 2.37. The summed E-state index contributed by atoms with van der Waals surface area (Å²) in [4.78, 5) is 0. The molecule has 32 aliphatic carbocycles. The quantitative estimate of drug-likeness (QED) is 0.227. The Morgan fingerprint density at radius 2 is 0.120 bits per heavy atom. The van der Waals surface area contributed by atoms with Gasteiger partial charge in [-0.3, -0.25) is 0 Å². The Morgan fingerprint density at radius 3 is 0.256 bits per heavy atom. The first kappa shape index (κ1) is 93.2. The third-order valence-corrected chi connectivity index (χ3v) is 40.8. The molecule has 8 unspecified atom stereocenters. The largest absolute Gasteiger partial charge is 0.0530 e. The molecule has 32 fully saturated rings. The van der Waals surface area contributed by atoms with Crippen molar-refractivity contribution in [2.24, 2.45) is 154 Å².